The second-order valence-electron chi connectivity index (χ2n) is 12.5. The monoisotopic (exact) mass is 601 g/mol. The van der Waals surface area contributed by atoms with Crippen LogP contribution >= 0.6 is 0 Å². The average Bonchev–Trinajstić information content (AvgIpc) is 3.78. The van der Waals surface area contributed by atoms with Gasteiger partial charge < -0.3 is 13.7 Å². The lowest BCUT2D eigenvalue weighted by Crippen LogP contribution is -2.03. The Hall–Kier alpha value is -6.06. The minimum Gasteiger partial charge on any atom is -0.310 e. The van der Waals surface area contributed by atoms with Gasteiger partial charge in [-0.2, -0.15) is 0 Å². The maximum Gasteiger partial charge on any atom is 0.0803 e. The summed E-state index contributed by atoms with van der Waals surface area (Å²) in [7, 11) is 0. The summed E-state index contributed by atoms with van der Waals surface area (Å²) >= 11 is 0. The summed E-state index contributed by atoms with van der Waals surface area (Å²) in [6.45, 7) is 0. The largest absolute Gasteiger partial charge is 0.310 e. The molecule has 1 unspecified atom stereocenters. The standard InChI is InChI=1S/C44H31N3/c1-2-12-32(13-3-1)46-41-20-10-6-16-37(41)44-43(46)38-17-7-11-21-42(38)47(44)34-28-24-31(25-29-34)30-22-26-33(27-23-30)45-39-18-8-4-14-35(39)36-15-5-9-19-40(36)45/h1-22,24-30H,23H2. The molecule has 3 heterocycles. The quantitative estimate of drug-likeness (QED) is 0.191. The van der Waals surface area contributed by atoms with Gasteiger partial charge in [-0.3, -0.25) is 0 Å². The zero-order valence-corrected chi connectivity index (χ0v) is 25.8. The Morgan fingerprint density at radius 1 is 0.404 bits per heavy atom. The van der Waals surface area contributed by atoms with Gasteiger partial charge in [-0.15, -0.1) is 0 Å². The van der Waals surface area contributed by atoms with Crippen molar-refractivity contribution in [1.82, 2.24) is 13.7 Å². The minimum atomic E-state index is 0.335. The first kappa shape index (κ1) is 26.2. The van der Waals surface area contributed by atoms with Crippen LogP contribution in [0.4, 0.5) is 0 Å². The van der Waals surface area contributed by atoms with Crippen molar-refractivity contribution in [2.45, 2.75) is 12.3 Å². The van der Waals surface area contributed by atoms with Gasteiger partial charge in [0.2, 0.25) is 0 Å². The van der Waals surface area contributed by atoms with E-state index in [0.717, 1.165) is 6.42 Å². The van der Waals surface area contributed by atoms with Crippen molar-refractivity contribution in [3.63, 3.8) is 0 Å². The summed E-state index contributed by atoms with van der Waals surface area (Å²) in [5.41, 5.74) is 12.4. The Balaban J connectivity index is 1.06. The summed E-state index contributed by atoms with van der Waals surface area (Å²) < 4.78 is 7.29. The zero-order valence-electron chi connectivity index (χ0n) is 25.8. The molecule has 222 valence electrons. The molecular formula is C44H31N3. The van der Waals surface area contributed by atoms with E-state index in [9.17, 15) is 0 Å². The van der Waals surface area contributed by atoms with Crippen molar-refractivity contribution >= 4 is 60.3 Å². The van der Waals surface area contributed by atoms with Crippen LogP contribution in [0.15, 0.2) is 170 Å². The average molecular weight is 602 g/mol. The van der Waals surface area contributed by atoms with Gasteiger partial charge in [0, 0.05) is 44.5 Å². The number of para-hydroxylation sites is 5. The molecule has 0 radical (unpaired) electrons. The molecule has 0 bridgehead atoms. The first-order valence-corrected chi connectivity index (χ1v) is 16.4. The van der Waals surface area contributed by atoms with Crippen molar-refractivity contribution < 1.29 is 0 Å². The van der Waals surface area contributed by atoms with Crippen molar-refractivity contribution in [2.24, 2.45) is 0 Å². The van der Waals surface area contributed by atoms with E-state index in [0.29, 0.717) is 5.92 Å². The Morgan fingerprint density at radius 2 is 0.851 bits per heavy atom. The van der Waals surface area contributed by atoms with Crippen molar-refractivity contribution in [3.05, 3.63) is 175 Å². The lowest BCUT2D eigenvalue weighted by Gasteiger charge is -2.19. The van der Waals surface area contributed by atoms with Gasteiger partial charge >= 0.3 is 0 Å². The molecule has 0 aliphatic heterocycles. The van der Waals surface area contributed by atoms with E-state index in [4.69, 9.17) is 0 Å². The van der Waals surface area contributed by atoms with Crippen LogP contribution in [-0.4, -0.2) is 13.7 Å². The van der Waals surface area contributed by atoms with E-state index in [-0.39, 0.29) is 0 Å². The topological polar surface area (TPSA) is 14.8 Å². The van der Waals surface area contributed by atoms with E-state index in [1.165, 1.54) is 77.3 Å². The third-order valence-corrected chi connectivity index (χ3v) is 9.98. The molecule has 1 aliphatic rings. The Morgan fingerprint density at radius 3 is 1.36 bits per heavy atom. The van der Waals surface area contributed by atoms with E-state index in [1.807, 2.05) is 0 Å². The number of rotatable bonds is 4. The Bertz CT molecular complexity index is 2640. The summed E-state index contributed by atoms with van der Waals surface area (Å²) in [4.78, 5) is 0. The predicted octanol–water partition coefficient (Wildman–Crippen LogP) is 11.4. The van der Waals surface area contributed by atoms with Crippen LogP contribution in [0, 0.1) is 0 Å². The summed E-state index contributed by atoms with van der Waals surface area (Å²) in [5, 5.41) is 5.11. The first-order chi connectivity index (χ1) is 23.3. The van der Waals surface area contributed by atoms with Crippen LogP contribution in [0.3, 0.4) is 0 Å². The van der Waals surface area contributed by atoms with Crippen molar-refractivity contribution in [1.29, 1.82) is 0 Å². The maximum atomic E-state index is 2.45. The molecule has 0 saturated heterocycles. The summed E-state index contributed by atoms with van der Waals surface area (Å²) in [6, 6.07) is 55.0. The fourth-order valence-electron chi connectivity index (χ4n) is 7.89. The highest BCUT2D eigenvalue weighted by Crippen LogP contribution is 2.41. The lowest BCUT2D eigenvalue weighted by molar-refractivity contribution is 0.849. The molecule has 0 spiro atoms. The number of benzene rings is 6. The van der Waals surface area contributed by atoms with Crippen LogP contribution in [-0.2, 0) is 0 Å². The molecule has 9 aromatic rings. The molecule has 0 saturated carbocycles. The van der Waals surface area contributed by atoms with Crippen LogP contribution < -0.4 is 0 Å². The summed E-state index contributed by atoms with van der Waals surface area (Å²) in [5.74, 6) is 0.335. The number of aromatic nitrogens is 3. The predicted molar refractivity (Wildman–Crippen MR) is 198 cm³/mol. The molecular weight excluding hydrogens is 571 g/mol. The van der Waals surface area contributed by atoms with Gasteiger partial charge in [0.05, 0.1) is 33.1 Å². The third kappa shape index (κ3) is 3.87. The smallest absolute Gasteiger partial charge is 0.0803 e. The number of nitrogens with zero attached hydrogens (tertiary/aromatic N) is 3. The van der Waals surface area contributed by atoms with Crippen LogP contribution in [0.25, 0.3) is 71.7 Å². The lowest BCUT2D eigenvalue weighted by atomic mass is 9.91. The van der Waals surface area contributed by atoms with Crippen LogP contribution in [0.1, 0.15) is 17.9 Å². The molecule has 0 amide bonds. The summed E-state index contributed by atoms with van der Waals surface area (Å²) in [6.07, 6.45) is 8.05. The Labute approximate surface area is 272 Å². The van der Waals surface area contributed by atoms with E-state index in [1.54, 1.807) is 0 Å². The fraction of sp³-hybridized carbons (Fsp3) is 0.0455. The van der Waals surface area contributed by atoms with E-state index < -0.39 is 0 Å². The molecule has 10 rings (SSSR count). The molecule has 3 heteroatoms. The molecule has 1 aliphatic carbocycles. The SMILES string of the molecule is C1=CC(c2ccc(-n3c4ccccc4c4c3c3ccccc3n4-c3ccccc3)cc2)CC=C1n1c2ccccc2c2ccccc21. The molecule has 47 heavy (non-hydrogen) atoms. The molecule has 3 nitrogen and oxygen atoms in total. The fourth-order valence-corrected chi connectivity index (χ4v) is 7.89. The number of hydrogen-bond donors (Lipinski definition) is 0. The van der Waals surface area contributed by atoms with Crippen LogP contribution in [0.5, 0.6) is 0 Å². The normalized spacial score (nSPS) is 15.0. The molecule has 6 aromatic carbocycles. The molecule has 3 aromatic heterocycles. The van der Waals surface area contributed by atoms with Crippen LogP contribution in [0.2, 0.25) is 0 Å². The van der Waals surface area contributed by atoms with E-state index >= 15 is 0 Å². The number of fused-ring (bicyclic) bond motifs is 8. The zero-order chi connectivity index (χ0) is 30.9. The molecule has 0 fully saturated rings. The van der Waals surface area contributed by atoms with Crippen molar-refractivity contribution in [2.75, 3.05) is 0 Å². The molecule has 0 N–H and O–H groups in total. The maximum absolute atomic E-state index is 2.45. The minimum absolute atomic E-state index is 0.335. The van der Waals surface area contributed by atoms with Crippen molar-refractivity contribution in [3.8, 4) is 11.4 Å². The van der Waals surface area contributed by atoms with Gasteiger partial charge in [0.25, 0.3) is 0 Å². The highest BCUT2D eigenvalue weighted by Gasteiger charge is 2.22. The van der Waals surface area contributed by atoms with Gasteiger partial charge in [-0.05, 0) is 66.6 Å². The van der Waals surface area contributed by atoms with Gasteiger partial charge in [-0.1, -0.05) is 115 Å². The highest BCUT2D eigenvalue weighted by atomic mass is 15.1. The highest BCUT2D eigenvalue weighted by molar-refractivity contribution is 6.20. The second kappa shape index (κ2) is 10.2. The van der Waals surface area contributed by atoms with Gasteiger partial charge in [0.15, 0.2) is 0 Å². The first-order valence-electron chi connectivity index (χ1n) is 16.4. The molecule has 1 atom stereocenters. The van der Waals surface area contributed by atoms with Gasteiger partial charge in [-0.25, -0.2) is 0 Å². The number of allylic oxidation sites excluding steroid dienone is 4. The third-order valence-electron chi connectivity index (χ3n) is 9.98. The Kier molecular flexibility index (Phi) is 5.70. The number of hydrogen-bond acceptors (Lipinski definition) is 0. The van der Waals surface area contributed by atoms with E-state index in [2.05, 4.69) is 184 Å². The van der Waals surface area contributed by atoms with Gasteiger partial charge in [0.1, 0.15) is 0 Å². The second-order valence-corrected chi connectivity index (χ2v) is 12.5.